The summed E-state index contributed by atoms with van der Waals surface area (Å²) >= 11 is 0. The highest BCUT2D eigenvalue weighted by atomic mass is 19.1. The van der Waals surface area contributed by atoms with E-state index in [1.165, 1.54) is 30.3 Å². The van der Waals surface area contributed by atoms with Gasteiger partial charge in [0.25, 0.3) is 0 Å². The molecule has 2 N–H and O–H groups in total. The number of aryl methyl sites for hydroxylation is 1. The fraction of sp³-hybridized carbons (Fsp3) is 0.400. The van der Waals surface area contributed by atoms with Crippen LogP contribution >= 0.6 is 0 Å². The highest BCUT2D eigenvalue weighted by molar-refractivity contribution is 5.90. The molecule has 2 heterocycles. The third-order valence-electron chi connectivity index (χ3n) is 4.81. The van der Waals surface area contributed by atoms with Gasteiger partial charge in [0.2, 0.25) is 17.7 Å². The van der Waals surface area contributed by atoms with Crippen molar-refractivity contribution in [2.24, 2.45) is 0 Å². The molecule has 1 aliphatic heterocycles. The van der Waals surface area contributed by atoms with Crippen molar-refractivity contribution < 1.29 is 23.2 Å². The lowest BCUT2D eigenvalue weighted by Crippen LogP contribution is -2.48. The second kappa shape index (κ2) is 9.31. The molecule has 9 heteroatoms. The van der Waals surface area contributed by atoms with E-state index in [0.717, 1.165) is 6.42 Å². The predicted molar refractivity (Wildman–Crippen MR) is 102 cm³/mol. The van der Waals surface area contributed by atoms with Crippen LogP contribution < -0.4 is 10.6 Å². The minimum atomic E-state index is -0.471. The van der Waals surface area contributed by atoms with Crippen LogP contribution in [-0.2, 0) is 20.8 Å². The molecule has 0 aliphatic carbocycles. The lowest BCUT2D eigenvalue weighted by atomic mass is 10.2. The molecule has 0 spiro atoms. The van der Waals surface area contributed by atoms with Crippen molar-refractivity contribution in [1.82, 2.24) is 20.5 Å². The van der Waals surface area contributed by atoms with Gasteiger partial charge in [-0.2, -0.15) is 0 Å². The Bertz CT molecular complexity index is 881. The fourth-order valence-corrected chi connectivity index (χ4v) is 3.26. The molecule has 0 radical (unpaired) electrons. The van der Waals surface area contributed by atoms with E-state index in [1.54, 1.807) is 12.1 Å². The van der Waals surface area contributed by atoms with E-state index in [2.05, 4.69) is 15.6 Å². The molecule has 2 aromatic rings. The van der Waals surface area contributed by atoms with E-state index in [0.29, 0.717) is 30.2 Å². The van der Waals surface area contributed by atoms with Crippen LogP contribution in [0.1, 0.15) is 25.2 Å². The number of rotatable bonds is 7. The molecule has 8 nitrogen and oxygen atoms in total. The molecule has 3 rings (SSSR count). The van der Waals surface area contributed by atoms with Crippen LogP contribution in [0.15, 0.2) is 34.9 Å². The first-order valence-corrected chi connectivity index (χ1v) is 9.46. The first-order chi connectivity index (χ1) is 14.0. The zero-order valence-electron chi connectivity index (χ0n) is 16.1. The van der Waals surface area contributed by atoms with Crippen LogP contribution in [-0.4, -0.2) is 53.8 Å². The average Bonchev–Trinajstić information content (AvgIpc) is 3.40. The average molecular weight is 402 g/mol. The summed E-state index contributed by atoms with van der Waals surface area (Å²) in [6.07, 6.45) is 3.29. The van der Waals surface area contributed by atoms with Gasteiger partial charge >= 0.3 is 0 Å². The van der Waals surface area contributed by atoms with E-state index in [4.69, 9.17) is 4.42 Å². The van der Waals surface area contributed by atoms with Gasteiger partial charge in [-0.1, -0.05) is 0 Å². The molecule has 3 amide bonds. The number of hydrogen-bond donors (Lipinski definition) is 2. The first-order valence-electron chi connectivity index (χ1n) is 9.46. The van der Waals surface area contributed by atoms with Crippen LogP contribution in [0.25, 0.3) is 11.3 Å². The van der Waals surface area contributed by atoms with Gasteiger partial charge < -0.3 is 20.0 Å². The van der Waals surface area contributed by atoms with Gasteiger partial charge in [0.1, 0.15) is 11.9 Å². The summed E-state index contributed by atoms with van der Waals surface area (Å²) in [4.78, 5) is 41.8. The molecular formula is C20H23FN4O4. The number of benzene rings is 1. The van der Waals surface area contributed by atoms with Crippen molar-refractivity contribution in [3.05, 3.63) is 42.2 Å². The molecule has 0 bridgehead atoms. The molecule has 1 fully saturated rings. The van der Waals surface area contributed by atoms with Gasteiger partial charge in [0, 0.05) is 32.0 Å². The van der Waals surface area contributed by atoms with Crippen molar-refractivity contribution >= 4 is 17.7 Å². The van der Waals surface area contributed by atoms with Crippen LogP contribution in [0.5, 0.6) is 0 Å². The number of oxazole rings is 1. The number of hydrogen-bond acceptors (Lipinski definition) is 5. The molecule has 1 aromatic carbocycles. The summed E-state index contributed by atoms with van der Waals surface area (Å²) in [6, 6.07) is 5.36. The molecule has 29 heavy (non-hydrogen) atoms. The molecular weight excluding hydrogens is 379 g/mol. The summed E-state index contributed by atoms with van der Waals surface area (Å²) in [5.74, 6) is -0.247. The van der Waals surface area contributed by atoms with Gasteiger partial charge in [0.15, 0.2) is 11.7 Å². The maximum Gasteiger partial charge on any atom is 0.242 e. The number of nitrogens with one attached hydrogen (secondary N) is 2. The van der Waals surface area contributed by atoms with Gasteiger partial charge in [0.05, 0.1) is 12.7 Å². The number of aromatic nitrogens is 1. The Kier molecular flexibility index (Phi) is 6.58. The Morgan fingerprint density at radius 1 is 1.28 bits per heavy atom. The van der Waals surface area contributed by atoms with E-state index < -0.39 is 6.04 Å². The Balaban J connectivity index is 1.45. The van der Waals surface area contributed by atoms with Crippen molar-refractivity contribution in [3.8, 4) is 11.3 Å². The highest BCUT2D eigenvalue weighted by Crippen LogP contribution is 2.21. The van der Waals surface area contributed by atoms with Crippen LogP contribution in [0.2, 0.25) is 0 Å². The van der Waals surface area contributed by atoms with Crippen LogP contribution in [0.4, 0.5) is 4.39 Å². The topological polar surface area (TPSA) is 105 Å². The molecule has 154 valence electrons. The Morgan fingerprint density at radius 3 is 2.76 bits per heavy atom. The lowest BCUT2D eigenvalue weighted by molar-refractivity contribution is -0.138. The number of nitrogens with zero attached hydrogens (tertiary/aromatic N) is 2. The zero-order valence-corrected chi connectivity index (χ0v) is 16.1. The molecule has 1 aromatic heterocycles. The first kappa shape index (κ1) is 20.5. The predicted octanol–water partition coefficient (Wildman–Crippen LogP) is 1.27. The third-order valence-corrected chi connectivity index (χ3v) is 4.81. The quantitative estimate of drug-likeness (QED) is 0.726. The van der Waals surface area contributed by atoms with Crippen molar-refractivity contribution in [2.45, 2.75) is 31.7 Å². The Labute approximate surface area is 167 Å². The number of amides is 3. The summed E-state index contributed by atoms with van der Waals surface area (Å²) < 4.78 is 18.6. The monoisotopic (exact) mass is 402 g/mol. The minimum Gasteiger partial charge on any atom is -0.441 e. The number of halogens is 1. The third kappa shape index (κ3) is 5.18. The molecule has 1 saturated heterocycles. The molecule has 1 atom stereocenters. The summed E-state index contributed by atoms with van der Waals surface area (Å²) in [5.41, 5.74) is 0.691. The van der Waals surface area contributed by atoms with E-state index in [-0.39, 0.29) is 42.9 Å². The molecule has 1 unspecified atom stereocenters. The summed E-state index contributed by atoms with van der Waals surface area (Å²) in [6.45, 7) is 0.355. The van der Waals surface area contributed by atoms with E-state index in [9.17, 15) is 18.8 Å². The second-order valence-electron chi connectivity index (χ2n) is 6.76. The fourth-order valence-electron chi connectivity index (χ4n) is 3.26. The highest BCUT2D eigenvalue weighted by Gasteiger charge is 2.33. The number of carbonyl (C=O) groups is 3. The maximum absolute atomic E-state index is 13.0. The van der Waals surface area contributed by atoms with Crippen molar-refractivity contribution in [3.63, 3.8) is 0 Å². The Hall–Kier alpha value is -3.23. The van der Waals surface area contributed by atoms with Gasteiger partial charge in [-0.3, -0.25) is 14.4 Å². The van der Waals surface area contributed by atoms with E-state index in [1.807, 2.05) is 0 Å². The van der Waals surface area contributed by atoms with Crippen molar-refractivity contribution in [2.75, 3.05) is 20.1 Å². The zero-order chi connectivity index (χ0) is 20.8. The van der Waals surface area contributed by atoms with Gasteiger partial charge in [-0.05, 0) is 37.1 Å². The van der Waals surface area contributed by atoms with Gasteiger partial charge in [-0.15, -0.1) is 0 Å². The normalized spacial score (nSPS) is 15.9. The number of carbonyl (C=O) groups excluding carboxylic acids is 3. The largest absolute Gasteiger partial charge is 0.441 e. The standard InChI is InChI=1S/C20H23FN4O4/c1-22-20(28)15-3-2-10-25(15)19(27)12-23-17(26)8-9-18-24-11-16(29-18)13-4-6-14(21)7-5-13/h4-7,11,15H,2-3,8-10,12H2,1H3,(H,22,28)(H,23,26). The van der Waals surface area contributed by atoms with Gasteiger partial charge in [-0.25, -0.2) is 9.37 Å². The second-order valence-corrected chi connectivity index (χ2v) is 6.76. The lowest BCUT2D eigenvalue weighted by Gasteiger charge is -2.23. The number of likely N-dealkylation sites (tertiary alicyclic amines) is 1. The maximum atomic E-state index is 13.0. The molecule has 0 saturated carbocycles. The molecule has 1 aliphatic rings. The number of likely N-dealkylation sites (N-methyl/N-ethyl adjacent to an activating group) is 1. The summed E-state index contributed by atoms with van der Waals surface area (Å²) in [7, 11) is 1.54. The minimum absolute atomic E-state index is 0.107. The van der Waals surface area contributed by atoms with Crippen LogP contribution in [0.3, 0.4) is 0 Å². The van der Waals surface area contributed by atoms with Crippen LogP contribution in [0, 0.1) is 5.82 Å². The Morgan fingerprint density at radius 2 is 2.03 bits per heavy atom. The summed E-state index contributed by atoms with van der Waals surface area (Å²) in [5, 5.41) is 5.13. The SMILES string of the molecule is CNC(=O)C1CCCN1C(=O)CNC(=O)CCc1ncc(-c2ccc(F)cc2)o1. The smallest absolute Gasteiger partial charge is 0.242 e. The van der Waals surface area contributed by atoms with E-state index >= 15 is 0 Å². The van der Waals surface area contributed by atoms with Crippen molar-refractivity contribution in [1.29, 1.82) is 0 Å².